The number of nitrogens with one attached hydrogen (secondary N) is 1. The zero-order chi connectivity index (χ0) is 21.3. The lowest BCUT2D eigenvalue weighted by Crippen LogP contribution is -2.35. The van der Waals surface area contributed by atoms with Crippen molar-refractivity contribution in [2.24, 2.45) is 0 Å². The molecule has 0 aromatic carbocycles. The minimum atomic E-state index is -3.69. The number of carbonyl (C=O) groups is 2. The van der Waals surface area contributed by atoms with Crippen molar-refractivity contribution in [2.45, 2.75) is 85.1 Å². The van der Waals surface area contributed by atoms with Crippen LogP contribution in [0.4, 0.5) is 4.79 Å². The van der Waals surface area contributed by atoms with Crippen LogP contribution < -0.4 is 5.32 Å². The lowest BCUT2D eigenvalue weighted by atomic mass is 10.2. The Kier molecular flexibility index (Phi) is 10.6. The molecule has 0 aromatic heterocycles. The van der Waals surface area contributed by atoms with E-state index in [4.69, 9.17) is 18.5 Å². The molecule has 0 saturated carbocycles. The molecule has 9 heteroatoms. The predicted octanol–water partition coefficient (Wildman–Crippen LogP) is 4.27. The summed E-state index contributed by atoms with van der Waals surface area (Å²) >= 11 is 0. The van der Waals surface area contributed by atoms with Gasteiger partial charge in [-0.3, -0.25) is 9.36 Å². The molecule has 0 aromatic rings. The van der Waals surface area contributed by atoms with Gasteiger partial charge in [-0.1, -0.05) is 0 Å². The maximum Gasteiger partial charge on any atom is 0.407 e. The zero-order valence-electron chi connectivity index (χ0n) is 17.9. The number of hydrogen-bond donors (Lipinski definition) is 1. The number of alkyl carbamates (subject to hydrolysis) is 1. The van der Waals surface area contributed by atoms with E-state index in [0.29, 0.717) is 6.42 Å². The van der Waals surface area contributed by atoms with Crippen LogP contribution in [0.5, 0.6) is 0 Å². The summed E-state index contributed by atoms with van der Waals surface area (Å²) in [5.74, 6) is -0.634. The molecular formula is C18H36NO7P. The Bertz CT molecular complexity index is 513. The van der Waals surface area contributed by atoms with Crippen molar-refractivity contribution in [3.8, 4) is 0 Å². The molecule has 0 rings (SSSR count). The first kappa shape index (κ1) is 25.9. The molecule has 27 heavy (non-hydrogen) atoms. The van der Waals surface area contributed by atoms with Crippen LogP contribution in [0.2, 0.25) is 0 Å². The summed E-state index contributed by atoms with van der Waals surface area (Å²) in [6.45, 7) is 14.4. The second-order valence-corrected chi connectivity index (χ2v) is 10.2. The average Bonchev–Trinajstić information content (AvgIpc) is 2.43. The number of ether oxygens (including phenoxy) is 2. The Balaban J connectivity index is 5.03. The monoisotopic (exact) mass is 409 g/mol. The van der Waals surface area contributed by atoms with Gasteiger partial charge in [-0.05, 0) is 68.2 Å². The van der Waals surface area contributed by atoms with E-state index in [1.165, 1.54) is 0 Å². The van der Waals surface area contributed by atoms with Crippen molar-refractivity contribution < 1.29 is 32.7 Å². The van der Waals surface area contributed by atoms with Crippen LogP contribution in [0.15, 0.2) is 0 Å². The second kappa shape index (κ2) is 11.0. The van der Waals surface area contributed by atoms with Gasteiger partial charge in [0.2, 0.25) is 0 Å². The van der Waals surface area contributed by atoms with E-state index in [1.54, 1.807) is 55.4 Å². The van der Waals surface area contributed by atoms with Crippen LogP contribution >= 0.6 is 7.60 Å². The van der Waals surface area contributed by atoms with Gasteiger partial charge in [-0.25, -0.2) is 4.79 Å². The van der Waals surface area contributed by atoms with Gasteiger partial charge in [-0.15, -0.1) is 0 Å². The minimum absolute atomic E-state index is 0.146. The van der Waals surface area contributed by atoms with Crippen LogP contribution in [0.3, 0.4) is 0 Å². The van der Waals surface area contributed by atoms with Gasteiger partial charge in [0, 0.05) is 6.54 Å². The van der Waals surface area contributed by atoms with Crippen LogP contribution in [-0.4, -0.2) is 48.7 Å². The molecule has 0 fully saturated rings. The third-order valence-electron chi connectivity index (χ3n) is 3.00. The Morgan fingerprint density at radius 3 is 1.81 bits per heavy atom. The molecule has 0 heterocycles. The summed E-state index contributed by atoms with van der Waals surface area (Å²) < 4.78 is 34.3. The molecule has 1 amide bonds. The normalized spacial score (nSPS) is 13.8. The molecule has 1 N–H and O–H groups in total. The van der Waals surface area contributed by atoms with Crippen molar-refractivity contribution in [2.75, 3.05) is 19.8 Å². The summed E-state index contributed by atoms with van der Waals surface area (Å²) in [7, 11) is -3.69. The molecular weight excluding hydrogens is 373 g/mol. The van der Waals surface area contributed by atoms with E-state index < -0.39 is 36.5 Å². The largest absolute Gasteiger partial charge is 0.459 e. The summed E-state index contributed by atoms with van der Waals surface area (Å²) in [5.41, 5.74) is -2.38. The van der Waals surface area contributed by atoms with Gasteiger partial charge >= 0.3 is 19.7 Å². The van der Waals surface area contributed by atoms with E-state index in [-0.39, 0.29) is 26.2 Å². The topological polar surface area (TPSA) is 100 Å². The lowest BCUT2D eigenvalue weighted by Gasteiger charge is -2.28. The Morgan fingerprint density at radius 1 is 0.926 bits per heavy atom. The van der Waals surface area contributed by atoms with Crippen molar-refractivity contribution in [3.05, 3.63) is 0 Å². The number of amides is 1. The molecule has 0 aliphatic heterocycles. The zero-order valence-corrected chi connectivity index (χ0v) is 18.8. The second-order valence-electron chi connectivity index (χ2n) is 8.00. The molecule has 0 bridgehead atoms. The Morgan fingerprint density at radius 2 is 1.41 bits per heavy atom. The van der Waals surface area contributed by atoms with Gasteiger partial charge in [0.25, 0.3) is 0 Å². The maximum atomic E-state index is 13.1. The van der Waals surface area contributed by atoms with Crippen LogP contribution in [0.1, 0.15) is 68.2 Å². The molecule has 1 unspecified atom stereocenters. The molecule has 0 aliphatic carbocycles. The van der Waals surface area contributed by atoms with Gasteiger partial charge in [0.15, 0.2) is 5.66 Å². The molecule has 0 saturated heterocycles. The van der Waals surface area contributed by atoms with Gasteiger partial charge in [-0.2, -0.15) is 0 Å². The fourth-order valence-electron chi connectivity index (χ4n) is 2.15. The molecule has 0 radical (unpaired) electrons. The predicted molar refractivity (Wildman–Crippen MR) is 104 cm³/mol. The summed E-state index contributed by atoms with van der Waals surface area (Å²) in [5, 5.41) is 2.61. The fraction of sp³-hybridized carbons (Fsp3) is 0.889. The summed E-state index contributed by atoms with van der Waals surface area (Å²) in [4.78, 5) is 24.3. The molecule has 160 valence electrons. The third-order valence-corrected chi connectivity index (χ3v) is 5.47. The molecule has 1 atom stereocenters. The minimum Gasteiger partial charge on any atom is -0.459 e. The van der Waals surface area contributed by atoms with Crippen molar-refractivity contribution >= 4 is 19.7 Å². The number of rotatable bonds is 10. The number of hydrogen-bond acceptors (Lipinski definition) is 7. The number of carbonyl (C=O) groups excluding carboxylic acids is 2. The highest BCUT2D eigenvalue weighted by atomic mass is 31.2. The van der Waals surface area contributed by atoms with E-state index in [1.807, 2.05) is 0 Å². The first-order valence-corrected chi connectivity index (χ1v) is 10.9. The van der Waals surface area contributed by atoms with Gasteiger partial charge in [0.1, 0.15) is 11.2 Å². The van der Waals surface area contributed by atoms with Gasteiger partial charge in [0.05, 0.1) is 13.2 Å². The van der Waals surface area contributed by atoms with E-state index in [9.17, 15) is 14.2 Å². The highest BCUT2D eigenvalue weighted by molar-refractivity contribution is 7.55. The quantitative estimate of drug-likeness (QED) is 0.327. The highest BCUT2D eigenvalue weighted by Crippen LogP contribution is 2.55. The van der Waals surface area contributed by atoms with E-state index in [2.05, 4.69) is 5.32 Å². The summed E-state index contributed by atoms with van der Waals surface area (Å²) in [6.07, 6.45) is 0.0176. The van der Waals surface area contributed by atoms with E-state index >= 15 is 0 Å². The Hall–Kier alpha value is -1.11. The smallest absolute Gasteiger partial charge is 0.407 e. The first-order valence-electron chi connectivity index (χ1n) is 9.32. The summed E-state index contributed by atoms with van der Waals surface area (Å²) in [6, 6.07) is 0. The molecule has 8 nitrogen and oxygen atoms in total. The lowest BCUT2D eigenvalue weighted by molar-refractivity contribution is -0.154. The first-order chi connectivity index (χ1) is 12.2. The maximum absolute atomic E-state index is 13.1. The van der Waals surface area contributed by atoms with E-state index in [0.717, 1.165) is 0 Å². The van der Waals surface area contributed by atoms with Crippen molar-refractivity contribution in [3.63, 3.8) is 0 Å². The van der Waals surface area contributed by atoms with Gasteiger partial charge < -0.3 is 23.8 Å². The van der Waals surface area contributed by atoms with Crippen LogP contribution in [-0.2, 0) is 27.9 Å². The van der Waals surface area contributed by atoms with Crippen molar-refractivity contribution in [1.82, 2.24) is 5.32 Å². The third kappa shape index (κ3) is 11.4. The SMILES string of the molecule is CCOP(=O)(OCC)C(CCCNC(=O)OC(C)(C)C)C(=O)OC(C)(C)C. The van der Waals surface area contributed by atoms with Crippen LogP contribution in [0.25, 0.3) is 0 Å². The standard InChI is InChI=1S/C18H36NO7P/c1-9-23-27(22,24-10-2)14(15(20)25-17(3,4)5)12-11-13-19-16(21)26-18(6,7)8/h14H,9-13H2,1-8H3,(H,19,21). The fourth-order valence-corrected chi connectivity index (χ4v) is 4.12. The average molecular weight is 409 g/mol. The Labute approximate surface area is 163 Å². The molecule has 0 spiro atoms. The van der Waals surface area contributed by atoms with Crippen molar-refractivity contribution in [1.29, 1.82) is 0 Å². The van der Waals surface area contributed by atoms with Crippen LogP contribution in [0, 0.1) is 0 Å². The highest BCUT2D eigenvalue weighted by Gasteiger charge is 2.43. The molecule has 0 aliphatic rings. The number of esters is 1.